The Balaban J connectivity index is 0.000000531. The number of benzene rings is 1. The molecule has 0 saturated heterocycles. The number of ether oxygens (including phenoxy) is 1. The van der Waals surface area contributed by atoms with E-state index in [2.05, 4.69) is 33.9 Å². The van der Waals surface area contributed by atoms with Crippen molar-refractivity contribution in [3.63, 3.8) is 0 Å². The van der Waals surface area contributed by atoms with Crippen molar-refractivity contribution in [3.05, 3.63) is 51.3 Å². The van der Waals surface area contributed by atoms with Crippen molar-refractivity contribution < 1.29 is 19.7 Å². The SMILES string of the molecule is CC[C@@]1(O)C(=O)OCc2c1cc1n(c2=O)Cc2c-1nc1ccc(O)cc1c2[Si](C)(C)C(C)(C)C.[2H]B(B(B(B(B([B])[B])B([B])[B])B(B([B])[B])B([B])[B])B(B(B([B])[B])B([B])[B])B(B([B])[B])B([B])[B])B(B(B(B([B])[B])B([B])[B])B(B([B])[B])B([B])[B])B(B(B([B])[B])B([B])[B])B(B([B])[B])B(B([B])[B])B([B])[B]. The summed E-state index contributed by atoms with van der Waals surface area (Å²) in [7, 11) is 220. The zero-order valence-corrected chi connectivity index (χ0v) is 60.1. The third-order valence-corrected chi connectivity index (χ3v) is 27.5. The Labute approximate surface area is 668 Å². The van der Waals surface area contributed by atoms with Gasteiger partial charge in [0.25, 0.3) is 5.56 Å². The largest absolute Gasteiger partial charge is 0.508 e. The Hall–Kier alpha value is 1.38. The second kappa shape index (κ2) is 39.2. The van der Waals surface area contributed by atoms with E-state index in [1.54, 1.807) is 35.8 Å². The van der Waals surface area contributed by atoms with Crippen molar-refractivity contribution >= 4 is 505 Å². The first-order chi connectivity index (χ1) is 46.7. The lowest BCUT2D eigenvalue weighted by atomic mass is 8.26. The van der Waals surface area contributed by atoms with Crippen molar-refractivity contribution in [3.8, 4) is 17.1 Å². The Kier molecular flexibility index (Phi) is 36.1. The molecule has 7 nitrogen and oxygen atoms in total. The number of carbonyl (C=O) groups excluding carboxylic acids is 1. The number of aromatic nitrogens is 2. The van der Waals surface area contributed by atoms with Crippen LogP contribution in [0.3, 0.4) is 0 Å². The molecule has 2 N–H and O–H groups in total. The molecule has 1 atom stereocenters. The first-order valence-corrected chi connectivity index (χ1v) is 36.6. The quantitative estimate of drug-likeness (QED) is 0.0357. The van der Waals surface area contributed by atoms with Gasteiger partial charge in [0.15, 0.2) is 5.60 Å². The van der Waals surface area contributed by atoms with E-state index < -0.39 is 231 Å². The summed E-state index contributed by atoms with van der Waals surface area (Å²) >= 11 is 0. The molecule has 2 aromatic heterocycles. The average molecular weight is 1210 g/mol. The third-order valence-electron chi connectivity index (χ3n) is 21.9. The first-order valence-electron chi connectivity index (χ1n) is 34.2. The van der Waals surface area contributed by atoms with Crippen LogP contribution in [0.4, 0.5) is 0 Å². The summed E-state index contributed by atoms with van der Waals surface area (Å²) in [6.07, 6.45) is -48.4. The molecule has 4 heterocycles. The third kappa shape index (κ3) is 21.2. The van der Waals surface area contributed by atoms with Crippen LogP contribution in [-0.4, -0.2) is 510 Å². The highest BCUT2D eigenvalue weighted by Crippen LogP contribution is 2.43. The monoisotopic (exact) mass is 1220 g/mol. The van der Waals surface area contributed by atoms with Gasteiger partial charge in [-0.15, -0.1) is 0 Å². The second-order valence-corrected chi connectivity index (χ2v) is 34.9. The Morgan fingerprint density at radius 1 is 0.495 bits per heavy atom. The number of phenols is 1. The van der Waals surface area contributed by atoms with Crippen LogP contribution in [0, 0.1) is 0 Å². The van der Waals surface area contributed by atoms with Crippen molar-refractivity contribution in [2.45, 2.75) is 71.0 Å². The highest BCUT2D eigenvalue weighted by atomic mass is 28.3. The molecule has 0 spiro atoms. The van der Waals surface area contributed by atoms with Gasteiger partial charge in [0, 0.05) is 485 Å². The van der Waals surface area contributed by atoms with E-state index in [0.717, 1.165) is 16.5 Å². The maximum atomic E-state index is 13.6. The minimum absolute atomic E-state index is 0.00219. The second-order valence-electron chi connectivity index (χ2n) is 29.7. The summed E-state index contributed by atoms with van der Waals surface area (Å²) in [5.41, 5.74) is 1.56. The van der Waals surface area contributed by atoms with Gasteiger partial charge >= 0.3 is 5.97 Å². The molecule has 5 rings (SSSR count). The first kappa shape index (κ1) is 93.0. The number of phenolic OH excluding ortho intramolecular Hbond substituents is 1. The number of hydrogen-bond acceptors (Lipinski definition) is 6. The van der Waals surface area contributed by atoms with Crippen LogP contribution in [0.15, 0.2) is 29.1 Å². The lowest BCUT2D eigenvalue weighted by Crippen LogP contribution is -2.93. The van der Waals surface area contributed by atoms with E-state index in [9.17, 15) is 21.1 Å². The van der Waals surface area contributed by atoms with Gasteiger partial charge in [-0.05, 0) is 47.8 Å². The molecular formula is C26H31B67N2O5Si. The van der Waals surface area contributed by atoms with Crippen LogP contribution in [0.2, 0.25) is 18.1 Å². The van der Waals surface area contributed by atoms with Crippen LogP contribution in [0.25, 0.3) is 22.3 Å². The van der Waals surface area contributed by atoms with Crippen molar-refractivity contribution in [1.29, 1.82) is 1.34 Å². The molecule has 1 aromatic carbocycles. The predicted molar refractivity (Wildman–Crippen MR) is 520 cm³/mol. The fourth-order valence-corrected chi connectivity index (χ4v) is 19.0. The van der Waals surface area contributed by atoms with Crippen molar-refractivity contribution in [2.24, 2.45) is 0 Å². The molecule has 3 aromatic rings. The Morgan fingerprint density at radius 2 is 0.792 bits per heavy atom. The van der Waals surface area contributed by atoms with Crippen LogP contribution in [0.1, 0.15) is 50.8 Å². The molecule has 101 heavy (non-hydrogen) atoms. The highest BCUT2D eigenvalue weighted by molar-refractivity contribution is 8.35. The van der Waals surface area contributed by atoms with E-state index >= 15 is 0 Å². The van der Waals surface area contributed by atoms with Crippen LogP contribution >= 0.6 is 0 Å². The van der Waals surface area contributed by atoms with Crippen LogP contribution in [0.5, 0.6) is 5.75 Å². The average Bonchev–Trinajstić information content (AvgIpc) is 1.48. The topological polar surface area (TPSA) is 102 Å². The van der Waals surface area contributed by atoms with Gasteiger partial charge in [-0.1, -0.05) is 40.8 Å². The molecule has 0 bridgehead atoms. The summed E-state index contributed by atoms with van der Waals surface area (Å²) in [5, 5.41) is 23.5. The van der Waals surface area contributed by atoms with Gasteiger partial charge in [0.2, 0.25) is 0 Å². The number of hydrogen-bond donors (Lipinski definition) is 2. The molecule has 380 valence electrons. The minimum Gasteiger partial charge on any atom is -0.508 e. The number of aliphatic hydroxyl groups is 1. The van der Waals surface area contributed by atoms with Gasteiger partial charge in [0.1, 0.15) is 12.4 Å². The smallest absolute Gasteiger partial charge is 0.343 e. The molecule has 0 fully saturated rings. The van der Waals surface area contributed by atoms with Crippen molar-refractivity contribution in [1.82, 2.24) is 9.55 Å². The lowest BCUT2D eigenvalue weighted by Gasteiger charge is -2.55. The predicted octanol–water partition coefficient (Wildman–Crippen LogP) is -22.3. The van der Waals surface area contributed by atoms with Gasteiger partial charge in [-0.25, -0.2) is 9.78 Å². The van der Waals surface area contributed by atoms with Crippen LogP contribution < -0.4 is 10.7 Å². The molecule has 0 saturated carbocycles. The van der Waals surface area contributed by atoms with Gasteiger partial charge < -0.3 is 19.5 Å². The van der Waals surface area contributed by atoms with Gasteiger partial charge in [-0.3, -0.25) is 4.79 Å². The van der Waals surface area contributed by atoms with E-state index in [1.165, 1.54) is 5.19 Å². The number of esters is 1. The Morgan fingerprint density at radius 3 is 1.08 bits per heavy atom. The minimum atomic E-state index is -2.15. The molecular weight excluding hydrogens is 1170 g/mol. The number of carbonyl (C=O) groups is 1. The number of aromatic hydroxyl groups is 1. The van der Waals surface area contributed by atoms with E-state index in [1.807, 2.05) is 0 Å². The molecule has 0 amide bonds. The number of nitrogens with zero attached hydrogens (tertiary/aromatic N) is 2. The van der Waals surface area contributed by atoms with Crippen molar-refractivity contribution in [2.75, 3.05) is 0 Å². The molecule has 68 radical (unpaired) electrons. The lowest BCUT2D eigenvalue weighted by molar-refractivity contribution is -0.172. The number of fused-ring (bicyclic) bond motifs is 5. The standard InChI is InChI=1S/C26H30N2O5Si.B67H/c1-7-26(32)18-11-20-21-16(12-28(20)23(30)17(18)13-33-24(26)31)22(34(5,6)25(2,3)4)15-10-14(29)8-9-19(15)27-21;1-36(2)55(37(3)4)63(52(33)34)67(62(50(29)30)51(31)32)54(66(60(46(21)22)47(23)24)61(48(25)26)49(27)28)35-53(64(56(38(5)6)39(7)8)57(40(9)10)41(11)12)65(58(42(13)14)43(15)16)59(44(17)18)45(19)20/h8-11,29,32H,7,12-13H2,1-6H3;35H/t26-;/m0./s1/i;35D. The van der Waals surface area contributed by atoms with Gasteiger partial charge in [0.05, 0.1) is 37.1 Å². The zero-order chi connectivity index (χ0) is 78.8. The van der Waals surface area contributed by atoms with Gasteiger partial charge in [-0.2, -0.15) is 0 Å². The summed E-state index contributed by atoms with van der Waals surface area (Å²) < 4.78 is 18.1. The van der Waals surface area contributed by atoms with E-state index in [0.29, 0.717) is 29.1 Å². The maximum absolute atomic E-state index is 13.6. The Bertz CT molecular complexity index is 3080. The molecule has 2 aliphatic rings. The van der Waals surface area contributed by atoms with E-state index in [4.69, 9.17) is 273 Å². The normalized spacial score (nSPS) is 13.2. The summed E-state index contributed by atoms with van der Waals surface area (Å²) in [6, 6.07) is 6.96. The summed E-state index contributed by atoms with van der Waals surface area (Å²) in [5.74, 6) is -0.546. The van der Waals surface area contributed by atoms with E-state index in [-0.39, 0.29) is 29.4 Å². The molecule has 75 heteroatoms. The summed E-state index contributed by atoms with van der Waals surface area (Å²) in [4.78, 5) is 31.0. The molecule has 2 aliphatic heterocycles. The number of rotatable bonds is 34. The number of cyclic esters (lactones) is 1. The molecule has 0 unspecified atom stereocenters. The zero-order valence-electron chi connectivity index (χ0n) is 60.1. The fraction of sp³-hybridized carbons (Fsp3) is 0.423. The maximum Gasteiger partial charge on any atom is 0.343 e. The summed E-state index contributed by atoms with van der Waals surface area (Å²) in [6.45, 7) is 13.2. The fourth-order valence-electron chi connectivity index (χ4n) is 16.4. The number of pyridine rings is 2. The highest BCUT2D eigenvalue weighted by Gasteiger charge is 2.60. The molecule has 0 aliphatic carbocycles. The van der Waals surface area contributed by atoms with Crippen LogP contribution in [-0.2, 0) is 28.3 Å².